The molecule has 1 N–H and O–H groups in total. The number of nitrogens with one attached hydrogen (secondary N) is 1. The summed E-state index contributed by atoms with van der Waals surface area (Å²) >= 11 is 0. The minimum atomic E-state index is -0.579. The zero-order valence-electron chi connectivity index (χ0n) is 17.6. The molecule has 0 saturated carbocycles. The highest BCUT2D eigenvalue weighted by molar-refractivity contribution is 5.87. The van der Waals surface area contributed by atoms with Crippen molar-refractivity contribution in [2.45, 2.75) is 32.4 Å². The number of fused-ring (bicyclic) bond motifs is 1. The highest BCUT2D eigenvalue weighted by atomic mass is 16.6. The van der Waals surface area contributed by atoms with E-state index < -0.39 is 6.04 Å². The van der Waals surface area contributed by atoms with Crippen LogP contribution in [0.25, 0.3) is 0 Å². The van der Waals surface area contributed by atoms with E-state index in [1.807, 2.05) is 42.5 Å². The van der Waals surface area contributed by atoms with Gasteiger partial charge in [-0.15, -0.1) is 0 Å². The summed E-state index contributed by atoms with van der Waals surface area (Å²) in [7, 11) is 3.18. The lowest BCUT2D eigenvalue weighted by molar-refractivity contribution is -0.140. The molecule has 0 unspecified atom stereocenters. The summed E-state index contributed by atoms with van der Waals surface area (Å²) in [5.41, 5.74) is 1.92. The van der Waals surface area contributed by atoms with Crippen LogP contribution in [0.1, 0.15) is 24.5 Å². The first-order valence-corrected chi connectivity index (χ1v) is 10.0. The van der Waals surface area contributed by atoms with E-state index in [-0.39, 0.29) is 18.2 Å². The van der Waals surface area contributed by atoms with Gasteiger partial charge in [0, 0.05) is 20.0 Å². The van der Waals surface area contributed by atoms with Crippen molar-refractivity contribution in [2.24, 2.45) is 0 Å². The minimum Gasteiger partial charge on any atom is -0.497 e. The Labute approximate surface area is 176 Å². The maximum absolute atomic E-state index is 13.1. The Kier molecular flexibility index (Phi) is 7.17. The molecule has 1 heterocycles. The molecule has 0 radical (unpaired) electrons. The second-order valence-corrected chi connectivity index (χ2v) is 7.14. The fourth-order valence-corrected chi connectivity index (χ4v) is 3.36. The number of benzene rings is 2. The zero-order valence-corrected chi connectivity index (χ0v) is 17.6. The first-order valence-electron chi connectivity index (χ1n) is 10.0. The number of hydrogen-bond donors (Lipinski definition) is 1. The molecule has 0 fully saturated rings. The summed E-state index contributed by atoms with van der Waals surface area (Å²) in [6, 6.07) is 12.6. The van der Waals surface area contributed by atoms with Crippen molar-refractivity contribution >= 4 is 11.8 Å². The second-order valence-electron chi connectivity index (χ2n) is 7.14. The number of carbonyl (C=O) groups is 2. The monoisotopic (exact) mass is 412 g/mol. The Bertz CT molecular complexity index is 882. The summed E-state index contributed by atoms with van der Waals surface area (Å²) in [5.74, 6) is 1.90. The number of ether oxygens (including phenoxy) is 3. The lowest BCUT2D eigenvalue weighted by Gasteiger charge is -2.28. The van der Waals surface area contributed by atoms with Gasteiger partial charge in [-0.2, -0.15) is 0 Å². The van der Waals surface area contributed by atoms with Gasteiger partial charge in [0.2, 0.25) is 11.8 Å². The molecule has 0 bridgehead atoms. The summed E-state index contributed by atoms with van der Waals surface area (Å²) in [4.78, 5) is 26.9. The van der Waals surface area contributed by atoms with E-state index in [0.29, 0.717) is 31.9 Å². The zero-order chi connectivity index (χ0) is 21.5. The fraction of sp³-hybridized carbons (Fsp3) is 0.391. The SMILES string of the molecule is CNC(=O)[C@H](C)N(Cc1ccc(OC)cc1)C(=O)CCc1ccc2c(c1)OCCO2. The van der Waals surface area contributed by atoms with Crippen LogP contribution >= 0.6 is 0 Å². The minimum absolute atomic E-state index is 0.0863. The number of carbonyl (C=O) groups excluding carboxylic acids is 2. The van der Waals surface area contributed by atoms with E-state index in [2.05, 4.69) is 5.32 Å². The largest absolute Gasteiger partial charge is 0.497 e. The van der Waals surface area contributed by atoms with Gasteiger partial charge in [-0.05, 0) is 48.7 Å². The predicted octanol–water partition coefficient (Wildman–Crippen LogP) is 2.56. The Hall–Kier alpha value is -3.22. The fourth-order valence-electron chi connectivity index (χ4n) is 3.36. The first kappa shape index (κ1) is 21.5. The maximum atomic E-state index is 13.1. The molecular formula is C23H28N2O5. The van der Waals surface area contributed by atoms with Crippen molar-refractivity contribution in [3.63, 3.8) is 0 Å². The molecule has 7 heteroatoms. The standard InChI is InChI=1S/C23H28N2O5/c1-16(23(27)24-2)25(15-18-4-8-19(28-3)9-5-18)22(26)11-7-17-6-10-20-21(14-17)30-13-12-29-20/h4-6,8-10,14,16H,7,11-13,15H2,1-3H3,(H,24,27)/t16-/m0/s1. The van der Waals surface area contributed by atoms with Gasteiger partial charge < -0.3 is 24.4 Å². The number of hydrogen-bond acceptors (Lipinski definition) is 5. The number of methoxy groups -OCH3 is 1. The summed E-state index contributed by atoms with van der Waals surface area (Å²) in [6.45, 7) is 3.15. The molecule has 2 aromatic rings. The summed E-state index contributed by atoms with van der Waals surface area (Å²) in [5, 5.41) is 2.63. The van der Waals surface area contributed by atoms with Crippen molar-refractivity contribution < 1.29 is 23.8 Å². The third kappa shape index (κ3) is 5.23. The molecule has 1 atom stereocenters. The molecular weight excluding hydrogens is 384 g/mol. The lowest BCUT2D eigenvalue weighted by atomic mass is 10.1. The van der Waals surface area contributed by atoms with E-state index in [1.54, 1.807) is 26.0 Å². The second kappa shape index (κ2) is 10.0. The number of likely N-dealkylation sites (N-methyl/N-ethyl adjacent to an activating group) is 1. The highest BCUT2D eigenvalue weighted by Gasteiger charge is 2.25. The van der Waals surface area contributed by atoms with E-state index in [1.165, 1.54) is 0 Å². The van der Waals surface area contributed by atoms with Crippen molar-refractivity contribution in [1.82, 2.24) is 10.2 Å². The van der Waals surface area contributed by atoms with Crippen molar-refractivity contribution in [3.8, 4) is 17.2 Å². The topological polar surface area (TPSA) is 77.1 Å². The summed E-state index contributed by atoms with van der Waals surface area (Å²) in [6.07, 6.45) is 0.839. The number of amides is 2. The van der Waals surface area contributed by atoms with Crippen LogP contribution in [-0.2, 0) is 22.6 Å². The van der Waals surface area contributed by atoms with E-state index >= 15 is 0 Å². The van der Waals surface area contributed by atoms with Gasteiger partial charge in [-0.1, -0.05) is 18.2 Å². The van der Waals surface area contributed by atoms with Crippen LogP contribution in [0, 0.1) is 0 Å². The Morgan fingerprint density at radius 3 is 2.40 bits per heavy atom. The number of aryl methyl sites for hydroxylation is 1. The van der Waals surface area contributed by atoms with Gasteiger partial charge in [0.15, 0.2) is 11.5 Å². The third-order valence-electron chi connectivity index (χ3n) is 5.16. The average Bonchev–Trinajstić information content (AvgIpc) is 2.80. The lowest BCUT2D eigenvalue weighted by Crippen LogP contribution is -2.46. The average molecular weight is 412 g/mol. The van der Waals surface area contributed by atoms with Crippen LogP contribution in [0.3, 0.4) is 0 Å². The molecule has 30 heavy (non-hydrogen) atoms. The molecule has 160 valence electrons. The molecule has 0 saturated heterocycles. The Balaban J connectivity index is 1.70. The van der Waals surface area contributed by atoms with Gasteiger partial charge in [0.1, 0.15) is 25.0 Å². The van der Waals surface area contributed by atoms with Gasteiger partial charge in [-0.3, -0.25) is 9.59 Å². The van der Waals surface area contributed by atoms with Gasteiger partial charge in [-0.25, -0.2) is 0 Å². The highest BCUT2D eigenvalue weighted by Crippen LogP contribution is 2.31. The van der Waals surface area contributed by atoms with Crippen LogP contribution in [0.5, 0.6) is 17.2 Å². The molecule has 0 spiro atoms. The van der Waals surface area contributed by atoms with Crippen molar-refractivity contribution in [1.29, 1.82) is 0 Å². The van der Waals surface area contributed by atoms with Gasteiger partial charge >= 0.3 is 0 Å². The molecule has 0 aromatic heterocycles. The molecule has 1 aliphatic rings. The molecule has 1 aliphatic heterocycles. The van der Waals surface area contributed by atoms with E-state index in [4.69, 9.17) is 14.2 Å². The predicted molar refractivity (Wildman–Crippen MR) is 113 cm³/mol. The number of nitrogens with zero attached hydrogens (tertiary/aromatic N) is 1. The van der Waals surface area contributed by atoms with Crippen LogP contribution in [0.4, 0.5) is 0 Å². The van der Waals surface area contributed by atoms with E-state index in [9.17, 15) is 9.59 Å². The van der Waals surface area contributed by atoms with Crippen LogP contribution in [-0.4, -0.2) is 50.1 Å². The van der Waals surface area contributed by atoms with E-state index in [0.717, 1.165) is 22.6 Å². The molecule has 3 rings (SSSR count). The van der Waals surface area contributed by atoms with Crippen LogP contribution < -0.4 is 19.5 Å². The normalized spacial score (nSPS) is 13.3. The maximum Gasteiger partial charge on any atom is 0.242 e. The molecule has 2 aromatic carbocycles. The van der Waals surface area contributed by atoms with Crippen LogP contribution in [0.15, 0.2) is 42.5 Å². The van der Waals surface area contributed by atoms with Crippen molar-refractivity contribution in [2.75, 3.05) is 27.4 Å². The molecule has 0 aliphatic carbocycles. The molecule has 2 amide bonds. The van der Waals surface area contributed by atoms with Gasteiger partial charge in [0.05, 0.1) is 7.11 Å². The van der Waals surface area contributed by atoms with Crippen LogP contribution in [0.2, 0.25) is 0 Å². The first-order chi connectivity index (χ1) is 14.5. The Morgan fingerprint density at radius 1 is 1.07 bits per heavy atom. The van der Waals surface area contributed by atoms with Crippen molar-refractivity contribution in [3.05, 3.63) is 53.6 Å². The Morgan fingerprint density at radius 2 is 1.73 bits per heavy atom. The smallest absolute Gasteiger partial charge is 0.242 e. The third-order valence-corrected chi connectivity index (χ3v) is 5.16. The summed E-state index contributed by atoms with van der Waals surface area (Å²) < 4.78 is 16.3. The quantitative estimate of drug-likeness (QED) is 0.721. The number of rotatable bonds is 8. The van der Waals surface area contributed by atoms with Gasteiger partial charge in [0.25, 0.3) is 0 Å². The molecule has 7 nitrogen and oxygen atoms in total.